The zero-order chi connectivity index (χ0) is 12.3. The monoisotopic (exact) mass is 229 g/mol. The summed E-state index contributed by atoms with van der Waals surface area (Å²) < 4.78 is 10.6. The fraction of sp³-hybridized carbons (Fsp3) is 0.214. The molecule has 0 N–H and O–H groups in total. The molecule has 0 amide bonds. The Morgan fingerprint density at radius 2 is 2.12 bits per heavy atom. The van der Waals surface area contributed by atoms with E-state index in [4.69, 9.17) is 9.15 Å². The molecule has 0 saturated carbocycles. The van der Waals surface area contributed by atoms with Crippen molar-refractivity contribution >= 4 is 11.4 Å². The van der Waals surface area contributed by atoms with Gasteiger partial charge >= 0.3 is 0 Å². The average Bonchev–Trinajstić information content (AvgIpc) is 2.85. The van der Waals surface area contributed by atoms with E-state index in [1.54, 1.807) is 13.4 Å². The third kappa shape index (κ3) is 2.56. The van der Waals surface area contributed by atoms with Gasteiger partial charge < -0.3 is 9.15 Å². The van der Waals surface area contributed by atoms with Crippen molar-refractivity contribution in [3.05, 3.63) is 47.9 Å². The molecule has 3 nitrogen and oxygen atoms in total. The highest BCUT2D eigenvalue weighted by Gasteiger charge is 2.05. The maximum Gasteiger partial charge on any atom is 0.147 e. The van der Waals surface area contributed by atoms with Gasteiger partial charge in [0.1, 0.15) is 17.2 Å². The molecule has 0 bridgehead atoms. The maximum atomic E-state index is 5.31. The Morgan fingerprint density at radius 3 is 2.76 bits per heavy atom. The van der Waals surface area contributed by atoms with Crippen molar-refractivity contribution in [2.24, 2.45) is 4.99 Å². The molecule has 1 aromatic carbocycles. The van der Waals surface area contributed by atoms with Gasteiger partial charge in [-0.2, -0.15) is 0 Å². The minimum atomic E-state index is 0.771. The first-order valence-corrected chi connectivity index (χ1v) is 5.44. The molecule has 0 saturated heterocycles. The van der Waals surface area contributed by atoms with E-state index in [2.05, 4.69) is 4.99 Å². The van der Waals surface area contributed by atoms with E-state index in [0.29, 0.717) is 0 Å². The highest BCUT2D eigenvalue weighted by Crippen LogP contribution is 2.28. The van der Waals surface area contributed by atoms with Gasteiger partial charge in [-0.3, -0.25) is 0 Å². The fourth-order valence-electron chi connectivity index (χ4n) is 1.60. The Labute approximate surface area is 101 Å². The SMILES string of the molecule is COc1cc(C)ccc1N=C(C)c1ccco1. The molecule has 1 aromatic heterocycles. The van der Waals surface area contributed by atoms with Gasteiger partial charge in [-0.25, -0.2) is 4.99 Å². The molecule has 3 heteroatoms. The first-order valence-electron chi connectivity index (χ1n) is 5.44. The summed E-state index contributed by atoms with van der Waals surface area (Å²) in [6, 6.07) is 9.66. The number of aryl methyl sites for hydroxylation is 1. The molecule has 88 valence electrons. The average molecular weight is 229 g/mol. The molecule has 2 rings (SSSR count). The van der Waals surface area contributed by atoms with Gasteiger partial charge in [0, 0.05) is 0 Å². The van der Waals surface area contributed by atoms with E-state index in [9.17, 15) is 0 Å². The van der Waals surface area contributed by atoms with Gasteiger partial charge in [0.05, 0.1) is 19.1 Å². The number of furan rings is 1. The summed E-state index contributed by atoms with van der Waals surface area (Å²) in [5.41, 5.74) is 2.79. The topological polar surface area (TPSA) is 34.7 Å². The second-order valence-corrected chi connectivity index (χ2v) is 3.85. The molecular formula is C14H15NO2. The largest absolute Gasteiger partial charge is 0.494 e. The van der Waals surface area contributed by atoms with E-state index >= 15 is 0 Å². The number of hydrogen-bond donors (Lipinski definition) is 0. The molecule has 17 heavy (non-hydrogen) atoms. The second kappa shape index (κ2) is 4.87. The molecule has 0 spiro atoms. The summed E-state index contributed by atoms with van der Waals surface area (Å²) in [5.74, 6) is 1.54. The van der Waals surface area contributed by atoms with Gasteiger partial charge in [-0.1, -0.05) is 6.07 Å². The lowest BCUT2D eigenvalue weighted by Crippen LogP contribution is -1.92. The molecule has 1 heterocycles. The van der Waals surface area contributed by atoms with Crippen molar-refractivity contribution in [1.82, 2.24) is 0 Å². The summed E-state index contributed by atoms with van der Waals surface area (Å²) in [6.45, 7) is 3.94. The molecule has 0 fully saturated rings. The zero-order valence-electron chi connectivity index (χ0n) is 10.2. The first kappa shape index (κ1) is 11.5. The predicted octanol–water partition coefficient (Wildman–Crippen LogP) is 3.74. The quantitative estimate of drug-likeness (QED) is 0.751. The molecule has 0 aliphatic rings. The molecule has 0 radical (unpaired) electrons. The van der Waals surface area contributed by atoms with E-state index < -0.39 is 0 Å². The highest BCUT2D eigenvalue weighted by molar-refractivity contribution is 5.98. The molecule has 0 atom stereocenters. The van der Waals surface area contributed by atoms with Crippen LogP contribution in [-0.4, -0.2) is 12.8 Å². The summed E-state index contributed by atoms with van der Waals surface area (Å²) in [4.78, 5) is 4.51. The van der Waals surface area contributed by atoms with Crippen LogP contribution in [0.15, 0.2) is 46.0 Å². The molecule has 2 aromatic rings. The van der Waals surface area contributed by atoms with Crippen molar-refractivity contribution in [3.8, 4) is 5.75 Å². The highest BCUT2D eigenvalue weighted by atomic mass is 16.5. The smallest absolute Gasteiger partial charge is 0.147 e. The van der Waals surface area contributed by atoms with Crippen molar-refractivity contribution in [1.29, 1.82) is 0 Å². The number of methoxy groups -OCH3 is 1. The number of ether oxygens (including phenoxy) is 1. The number of hydrogen-bond acceptors (Lipinski definition) is 3. The van der Waals surface area contributed by atoms with Crippen LogP contribution in [0, 0.1) is 6.92 Å². The van der Waals surface area contributed by atoms with Crippen LogP contribution in [0.2, 0.25) is 0 Å². The molecule has 0 aliphatic heterocycles. The molecular weight excluding hydrogens is 214 g/mol. The lowest BCUT2D eigenvalue weighted by molar-refractivity contribution is 0.416. The normalized spacial score (nSPS) is 11.6. The third-order valence-corrected chi connectivity index (χ3v) is 2.50. The Hall–Kier alpha value is -2.03. The van der Waals surface area contributed by atoms with Crippen LogP contribution < -0.4 is 4.74 Å². The maximum absolute atomic E-state index is 5.31. The summed E-state index contributed by atoms with van der Waals surface area (Å²) >= 11 is 0. The number of benzene rings is 1. The first-order chi connectivity index (χ1) is 8.20. The standard InChI is InChI=1S/C14H15NO2/c1-10-6-7-12(14(9-10)16-3)15-11(2)13-5-4-8-17-13/h4-9H,1-3H3. The number of aliphatic imine (C=N–C) groups is 1. The minimum Gasteiger partial charge on any atom is -0.494 e. The lowest BCUT2D eigenvalue weighted by Gasteiger charge is -2.06. The van der Waals surface area contributed by atoms with Gasteiger partial charge in [-0.05, 0) is 43.7 Å². The minimum absolute atomic E-state index is 0.771. The van der Waals surface area contributed by atoms with Crippen LogP contribution in [0.5, 0.6) is 5.75 Å². The van der Waals surface area contributed by atoms with Crippen molar-refractivity contribution < 1.29 is 9.15 Å². The van der Waals surface area contributed by atoms with E-state index in [1.807, 2.05) is 44.2 Å². The Morgan fingerprint density at radius 1 is 1.29 bits per heavy atom. The number of rotatable bonds is 3. The predicted molar refractivity (Wildman–Crippen MR) is 68.3 cm³/mol. The number of nitrogens with zero attached hydrogens (tertiary/aromatic N) is 1. The zero-order valence-corrected chi connectivity index (χ0v) is 10.2. The lowest BCUT2D eigenvalue weighted by atomic mass is 10.2. The second-order valence-electron chi connectivity index (χ2n) is 3.85. The van der Waals surface area contributed by atoms with Crippen LogP contribution in [0.1, 0.15) is 18.2 Å². The van der Waals surface area contributed by atoms with E-state index in [1.165, 1.54) is 0 Å². The van der Waals surface area contributed by atoms with Crippen LogP contribution in [0.25, 0.3) is 0 Å². The summed E-state index contributed by atoms with van der Waals surface area (Å²) in [7, 11) is 1.65. The van der Waals surface area contributed by atoms with Crippen molar-refractivity contribution in [3.63, 3.8) is 0 Å². The Balaban J connectivity index is 2.38. The van der Waals surface area contributed by atoms with Crippen molar-refractivity contribution in [2.45, 2.75) is 13.8 Å². The van der Waals surface area contributed by atoms with Gasteiger partial charge in [0.15, 0.2) is 0 Å². The van der Waals surface area contributed by atoms with Crippen LogP contribution in [-0.2, 0) is 0 Å². The summed E-state index contributed by atoms with van der Waals surface area (Å²) in [6.07, 6.45) is 1.64. The van der Waals surface area contributed by atoms with Crippen LogP contribution in [0.3, 0.4) is 0 Å². The Kier molecular flexibility index (Phi) is 3.28. The van der Waals surface area contributed by atoms with E-state index in [-0.39, 0.29) is 0 Å². The van der Waals surface area contributed by atoms with Gasteiger partial charge in [0.2, 0.25) is 0 Å². The molecule has 0 aliphatic carbocycles. The molecule has 0 unspecified atom stereocenters. The van der Waals surface area contributed by atoms with Crippen LogP contribution in [0.4, 0.5) is 5.69 Å². The Bertz CT molecular complexity index is 527. The van der Waals surface area contributed by atoms with Gasteiger partial charge in [0.25, 0.3) is 0 Å². The fourth-order valence-corrected chi connectivity index (χ4v) is 1.60. The van der Waals surface area contributed by atoms with Crippen LogP contribution >= 0.6 is 0 Å². The summed E-state index contributed by atoms with van der Waals surface area (Å²) in [5, 5.41) is 0. The van der Waals surface area contributed by atoms with Crippen molar-refractivity contribution in [2.75, 3.05) is 7.11 Å². The van der Waals surface area contributed by atoms with Gasteiger partial charge in [-0.15, -0.1) is 0 Å². The van der Waals surface area contributed by atoms with E-state index in [0.717, 1.165) is 28.5 Å². The third-order valence-electron chi connectivity index (χ3n) is 2.50.